The van der Waals surface area contributed by atoms with Gasteiger partial charge < -0.3 is 10.4 Å². The Kier molecular flexibility index (Phi) is 5.33. The van der Waals surface area contributed by atoms with Crippen molar-refractivity contribution in [1.82, 2.24) is 10.2 Å². The van der Waals surface area contributed by atoms with Crippen LogP contribution in [0.5, 0.6) is 0 Å². The Morgan fingerprint density at radius 1 is 1.44 bits per heavy atom. The van der Waals surface area contributed by atoms with Crippen molar-refractivity contribution in [3.8, 4) is 0 Å². The highest BCUT2D eigenvalue weighted by Crippen LogP contribution is 2.27. The van der Waals surface area contributed by atoms with E-state index in [4.69, 9.17) is 5.11 Å². The molecule has 18 heavy (non-hydrogen) atoms. The molecule has 2 N–H and O–H groups in total. The molecule has 0 radical (unpaired) electrons. The fraction of sp³-hybridized carbons (Fsp3) is 0.923. The number of carboxylic acid groups (broad SMARTS) is 1. The van der Waals surface area contributed by atoms with Crippen molar-refractivity contribution in [1.29, 1.82) is 0 Å². The average Bonchev–Trinajstić information content (AvgIpc) is 2.32. The lowest BCUT2D eigenvalue weighted by molar-refractivity contribution is -0.139. The van der Waals surface area contributed by atoms with Gasteiger partial charge in [0.1, 0.15) is 0 Å². The highest BCUT2D eigenvalue weighted by atomic mass is 32.2. The van der Waals surface area contributed by atoms with Crippen molar-refractivity contribution in [3.05, 3.63) is 0 Å². The van der Waals surface area contributed by atoms with Crippen LogP contribution >= 0.6 is 11.8 Å². The van der Waals surface area contributed by atoms with Gasteiger partial charge in [-0.3, -0.25) is 9.69 Å². The van der Waals surface area contributed by atoms with Gasteiger partial charge in [0.05, 0.1) is 6.54 Å². The summed E-state index contributed by atoms with van der Waals surface area (Å²) in [6.07, 6.45) is 4.87. The summed E-state index contributed by atoms with van der Waals surface area (Å²) < 4.78 is 0. The molecule has 0 aromatic heterocycles. The molecule has 2 aliphatic rings. The average molecular weight is 272 g/mol. The summed E-state index contributed by atoms with van der Waals surface area (Å²) in [4.78, 5) is 12.8. The molecule has 0 aromatic carbocycles. The SMILES string of the molecule is CCN(CC(=O)O)C1CC(NC2CCCSC2)C1. The van der Waals surface area contributed by atoms with E-state index in [1.807, 2.05) is 18.7 Å². The molecule has 1 heterocycles. The molecule has 0 bridgehead atoms. The molecular weight excluding hydrogens is 248 g/mol. The number of hydrogen-bond acceptors (Lipinski definition) is 4. The number of nitrogens with one attached hydrogen (secondary N) is 1. The van der Waals surface area contributed by atoms with Crippen molar-refractivity contribution < 1.29 is 9.90 Å². The third-order valence-corrected chi connectivity index (χ3v) is 5.22. The fourth-order valence-electron chi connectivity index (χ4n) is 2.90. The van der Waals surface area contributed by atoms with Crippen LogP contribution in [-0.4, -0.2) is 58.7 Å². The van der Waals surface area contributed by atoms with Crippen LogP contribution in [0.4, 0.5) is 0 Å². The molecule has 0 aromatic rings. The molecule has 2 rings (SSSR count). The lowest BCUT2D eigenvalue weighted by atomic mass is 9.84. The molecule has 1 saturated heterocycles. The summed E-state index contributed by atoms with van der Waals surface area (Å²) in [6, 6.07) is 1.77. The highest BCUT2D eigenvalue weighted by Gasteiger charge is 2.34. The maximum atomic E-state index is 10.8. The first kappa shape index (κ1) is 14.2. The molecule has 0 amide bonds. The second-order valence-electron chi connectivity index (χ2n) is 5.36. The number of thioether (sulfide) groups is 1. The molecule has 2 fully saturated rings. The zero-order valence-corrected chi connectivity index (χ0v) is 11.9. The molecule has 104 valence electrons. The minimum Gasteiger partial charge on any atom is -0.480 e. The zero-order valence-electron chi connectivity index (χ0n) is 11.1. The van der Waals surface area contributed by atoms with Gasteiger partial charge in [0.2, 0.25) is 0 Å². The smallest absolute Gasteiger partial charge is 0.317 e. The summed E-state index contributed by atoms with van der Waals surface area (Å²) in [5.74, 6) is 1.85. The van der Waals surface area contributed by atoms with Gasteiger partial charge in [-0.2, -0.15) is 11.8 Å². The Balaban J connectivity index is 1.67. The standard InChI is InChI=1S/C13H24N2O2S/c1-2-15(8-13(16)17)12-6-11(7-12)14-10-4-3-5-18-9-10/h10-12,14H,2-9H2,1H3,(H,16,17). The number of nitrogens with zero attached hydrogens (tertiary/aromatic N) is 1. The van der Waals surface area contributed by atoms with Gasteiger partial charge in [0.25, 0.3) is 0 Å². The highest BCUT2D eigenvalue weighted by molar-refractivity contribution is 7.99. The largest absolute Gasteiger partial charge is 0.480 e. The van der Waals surface area contributed by atoms with E-state index in [0.717, 1.165) is 19.4 Å². The van der Waals surface area contributed by atoms with Crippen LogP contribution in [0.3, 0.4) is 0 Å². The maximum absolute atomic E-state index is 10.8. The Labute approximate surface area is 113 Å². The first-order chi connectivity index (χ1) is 8.69. The van der Waals surface area contributed by atoms with E-state index in [1.54, 1.807) is 0 Å². The van der Waals surface area contributed by atoms with Crippen LogP contribution in [-0.2, 0) is 4.79 Å². The van der Waals surface area contributed by atoms with Gasteiger partial charge in [0.15, 0.2) is 0 Å². The third-order valence-electron chi connectivity index (χ3n) is 4.01. The van der Waals surface area contributed by atoms with Gasteiger partial charge in [-0.25, -0.2) is 0 Å². The second-order valence-corrected chi connectivity index (χ2v) is 6.51. The molecule has 1 atom stereocenters. The third kappa shape index (κ3) is 3.87. The number of rotatable bonds is 6. The molecule has 4 nitrogen and oxygen atoms in total. The van der Waals surface area contributed by atoms with Gasteiger partial charge in [-0.1, -0.05) is 6.92 Å². The van der Waals surface area contributed by atoms with Crippen molar-refractivity contribution >= 4 is 17.7 Å². The minimum absolute atomic E-state index is 0.188. The number of carbonyl (C=O) groups is 1. The number of likely N-dealkylation sites (N-methyl/N-ethyl adjacent to an activating group) is 1. The monoisotopic (exact) mass is 272 g/mol. The van der Waals surface area contributed by atoms with Crippen LogP contribution in [0.15, 0.2) is 0 Å². The Bertz CT molecular complexity index is 276. The molecular formula is C13H24N2O2S. The molecule has 1 aliphatic carbocycles. The van der Waals surface area contributed by atoms with E-state index in [0.29, 0.717) is 18.1 Å². The Hall–Kier alpha value is -0.260. The maximum Gasteiger partial charge on any atom is 0.317 e. The van der Waals surface area contributed by atoms with Crippen molar-refractivity contribution in [2.75, 3.05) is 24.6 Å². The molecule has 1 unspecified atom stereocenters. The number of hydrogen-bond donors (Lipinski definition) is 2. The van der Waals surface area contributed by atoms with Crippen LogP contribution in [0.25, 0.3) is 0 Å². The van der Waals surface area contributed by atoms with Crippen molar-refractivity contribution in [2.45, 2.75) is 50.7 Å². The van der Waals surface area contributed by atoms with E-state index in [2.05, 4.69) is 10.2 Å². The number of carboxylic acids is 1. The molecule has 5 heteroatoms. The van der Waals surface area contributed by atoms with Crippen LogP contribution in [0.1, 0.15) is 32.6 Å². The van der Waals surface area contributed by atoms with E-state index >= 15 is 0 Å². The van der Waals surface area contributed by atoms with Crippen molar-refractivity contribution in [3.63, 3.8) is 0 Å². The van der Waals surface area contributed by atoms with E-state index in [-0.39, 0.29) is 6.54 Å². The summed E-state index contributed by atoms with van der Waals surface area (Å²) in [5, 5.41) is 12.6. The summed E-state index contributed by atoms with van der Waals surface area (Å²) >= 11 is 2.05. The first-order valence-electron chi connectivity index (χ1n) is 6.98. The topological polar surface area (TPSA) is 52.6 Å². The normalized spacial score (nSPS) is 32.2. The first-order valence-corrected chi connectivity index (χ1v) is 8.14. The van der Waals surface area contributed by atoms with E-state index < -0.39 is 5.97 Å². The lowest BCUT2D eigenvalue weighted by Gasteiger charge is -2.44. The van der Waals surface area contributed by atoms with Crippen molar-refractivity contribution in [2.24, 2.45) is 0 Å². The quantitative estimate of drug-likeness (QED) is 0.766. The summed E-state index contributed by atoms with van der Waals surface area (Å²) in [7, 11) is 0. The van der Waals surface area contributed by atoms with E-state index in [9.17, 15) is 4.79 Å². The fourth-order valence-corrected chi connectivity index (χ4v) is 3.99. The zero-order chi connectivity index (χ0) is 13.0. The van der Waals surface area contributed by atoms with Gasteiger partial charge in [-0.05, 0) is 38.0 Å². The van der Waals surface area contributed by atoms with Crippen LogP contribution in [0.2, 0.25) is 0 Å². The molecule has 1 aliphatic heterocycles. The van der Waals surface area contributed by atoms with Crippen LogP contribution < -0.4 is 5.32 Å². The molecule has 1 saturated carbocycles. The lowest BCUT2D eigenvalue weighted by Crippen LogP contribution is -2.56. The van der Waals surface area contributed by atoms with Crippen LogP contribution in [0, 0.1) is 0 Å². The summed E-state index contributed by atoms with van der Waals surface area (Å²) in [6.45, 7) is 3.07. The van der Waals surface area contributed by atoms with Gasteiger partial charge >= 0.3 is 5.97 Å². The van der Waals surface area contributed by atoms with Gasteiger partial charge in [-0.15, -0.1) is 0 Å². The predicted molar refractivity (Wildman–Crippen MR) is 75.2 cm³/mol. The Morgan fingerprint density at radius 2 is 2.22 bits per heavy atom. The second kappa shape index (κ2) is 6.78. The Morgan fingerprint density at radius 3 is 2.78 bits per heavy atom. The predicted octanol–water partition coefficient (Wildman–Crippen LogP) is 1.41. The minimum atomic E-state index is -0.711. The number of aliphatic carboxylic acids is 1. The molecule has 0 spiro atoms. The van der Waals surface area contributed by atoms with Gasteiger partial charge in [0, 0.05) is 23.9 Å². The summed E-state index contributed by atoms with van der Waals surface area (Å²) in [5.41, 5.74) is 0. The van der Waals surface area contributed by atoms with E-state index in [1.165, 1.54) is 24.3 Å².